The van der Waals surface area contributed by atoms with E-state index in [1.54, 1.807) is 0 Å². The van der Waals surface area contributed by atoms with Crippen LogP contribution in [0.2, 0.25) is 0 Å². The lowest BCUT2D eigenvalue weighted by molar-refractivity contribution is -0.479. The minimum atomic E-state index is -0.355. The van der Waals surface area contributed by atoms with Gasteiger partial charge in [-0.15, -0.1) is 10.2 Å². The summed E-state index contributed by atoms with van der Waals surface area (Å²) in [5.41, 5.74) is 1.77. The normalized spacial score (nSPS) is 11.9. The molecule has 0 aliphatic carbocycles. The third-order valence-corrected chi connectivity index (χ3v) is 5.12. The van der Waals surface area contributed by atoms with Crippen molar-refractivity contribution in [2.24, 2.45) is 0 Å². The van der Waals surface area contributed by atoms with E-state index in [1.807, 2.05) is 73.0 Å². The van der Waals surface area contributed by atoms with E-state index in [1.165, 1.54) is 11.8 Å². The van der Waals surface area contributed by atoms with Crippen LogP contribution >= 0.6 is 11.8 Å². The molecule has 0 aliphatic rings. The molecule has 1 aromatic heterocycles. The lowest BCUT2D eigenvalue weighted by Gasteiger charge is -2.14. The minimum absolute atomic E-state index is 0.191. The SMILES string of the molecule is CCOc1ccc(-n2c(C)nnc2S[C@H](C[N+](=O)[O-])c2ccccc2)cc1. The summed E-state index contributed by atoms with van der Waals surface area (Å²) in [5.74, 6) is 1.51. The molecule has 1 heterocycles. The fourth-order valence-electron chi connectivity index (χ4n) is 2.72. The zero-order valence-electron chi connectivity index (χ0n) is 15.1. The van der Waals surface area contributed by atoms with Gasteiger partial charge in [0.25, 0.3) is 0 Å². The van der Waals surface area contributed by atoms with Crippen molar-refractivity contribution in [3.63, 3.8) is 0 Å². The number of nitrogens with zero attached hydrogens (tertiary/aromatic N) is 4. The molecule has 27 heavy (non-hydrogen) atoms. The first-order valence-corrected chi connectivity index (χ1v) is 9.45. The van der Waals surface area contributed by atoms with Crippen molar-refractivity contribution in [2.75, 3.05) is 13.2 Å². The number of hydrogen-bond acceptors (Lipinski definition) is 6. The minimum Gasteiger partial charge on any atom is -0.494 e. The van der Waals surface area contributed by atoms with Crippen molar-refractivity contribution in [2.45, 2.75) is 24.3 Å². The molecule has 0 amide bonds. The molecule has 2 aromatic carbocycles. The highest BCUT2D eigenvalue weighted by Gasteiger charge is 2.23. The van der Waals surface area contributed by atoms with Gasteiger partial charge in [0.15, 0.2) is 5.16 Å². The first-order chi connectivity index (χ1) is 13.1. The van der Waals surface area contributed by atoms with E-state index < -0.39 is 0 Å². The second kappa shape index (κ2) is 8.68. The number of nitro groups is 1. The fourth-order valence-corrected chi connectivity index (χ4v) is 3.89. The first kappa shape index (κ1) is 18.9. The molecule has 0 fully saturated rings. The molecular weight excluding hydrogens is 364 g/mol. The topological polar surface area (TPSA) is 83.1 Å². The van der Waals surface area contributed by atoms with Crippen LogP contribution in [0.25, 0.3) is 5.69 Å². The van der Waals surface area contributed by atoms with Gasteiger partial charge in [0, 0.05) is 10.6 Å². The van der Waals surface area contributed by atoms with E-state index in [0.717, 1.165) is 22.8 Å². The Hall–Kier alpha value is -2.87. The predicted octanol–water partition coefficient (Wildman–Crippen LogP) is 4.08. The van der Waals surface area contributed by atoms with Gasteiger partial charge in [-0.05, 0) is 43.7 Å². The van der Waals surface area contributed by atoms with Crippen molar-refractivity contribution in [3.8, 4) is 11.4 Å². The molecule has 0 unspecified atom stereocenters. The van der Waals surface area contributed by atoms with Gasteiger partial charge < -0.3 is 4.74 Å². The molecule has 0 saturated carbocycles. The number of aryl methyl sites for hydroxylation is 1. The first-order valence-electron chi connectivity index (χ1n) is 8.57. The highest BCUT2D eigenvalue weighted by molar-refractivity contribution is 7.99. The molecule has 0 spiro atoms. The number of rotatable bonds is 8. The maximum atomic E-state index is 11.2. The number of ether oxygens (including phenoxy) is 1. The van der Waals surface area contributed by atoms with Crippen molar-refractivity contribution in [3.05, 3.63) is 76.1 Å². The quantitative estimate of drug-likeness (QED) is 0.330. The van der Waals surface area contributed by atoms with Gasteiger partial charge in [0.1, 0.15) is 16.8 Å². The van der Waals surface area contributed by atoms with Crippen LogP contribution in [-0.2, 0) is 0 Å². The van der Waals surface area contributed by atoms with Crippen molar-refractivity contribution >= 4 is 11.8 Å². The van der Waals surface area contributed by atoms with Crippen LogP contribution in [-0.4, -0.2) is 32.8 Å². The molecular formula is C19H20N4O3S. The van der Waals surface area contributed by atoms with Gasteiger partial charge in [0.05, 0.1) is 6.61 Å². The Labute approximate surface area is 161 Å². The van der Waals surface area contributed by atoms with E-state index in [9.17, 15) is 10.1 Å². The zero-order chi connectivity index (χ0) is 19.2. The van der Waals surface area contributed by atoms with Crippen LogP contribution in [0.15, 0.2) is 59.8 Å². The van der Waals surface area contributed by atoms with Crippen LogP contribution in [0.1, 0.15) is 23.6 Å². The number of thioether (sulfide) groups is 1. The standard InChI is InChI=1S/C19H20N4O3S/c1-3-26-17-11-9-16(10-12-17)23-14(2)20-21-19(23)27-18(13-22(24)25)15-7-5-4-6-8-15/h4-12,18H,3,13H2,1-2H3/t18-/m1/s1. The van der Waals surface area contributed by atoms with Crippen LogP contribution < -0.4 is 4.74 Å². The highest BCUT2D eigenvalue weighted by atomic mass is 32.2. The van der Waals surface area contributed by atoms with E-state index in [4.69, 9.17) is 4.74 Å². The predicted molar refractivity (Wildman–Crippen MR) is 104 cm³/mol. The lowest BCUT2D eigenvalue weighted by Crippen LogP contribution is -2.11. The van der Waals surface area contributed by atoms with Gasteiger partial charge in [-0.2, -0.15) is 0 Å². The Morgan fingerprint density at radius 2 is 1.85 bits per heavy atom. The number of hydrogen-bond donors (Lipinski definition) is 0. The summed E-state index contributed by atoms with van der Waals surface area (Å²) < 4.78 is 7.38. The Balaban J connectivity index is 1.91. The van der Waals surface area contributed by atoms with Gasteiger partial charge in [-0.25, -0.2) is 0 Å². The third kappa shape index (κ3) is 4.65. The average molecular weight is 384 g/mol. The summed E-state index contributed by atoms with van der Waals surface area (Å²) in [7, 11) is 0. The van der Waals surface area contributed by atoms with Gasteiger partial charge in [0.2, 0.25) is 6.54 Å². The number of benzene rings is 2. The van der Waals surface area contributed by atoms with Crippen molar-refractivity contribution < 1.29 is 9.66 Å². The molecule has 0 aliphatic heterocycles. The lowest BCUT2D eigenvalue weighted by atomic mass is 10.1. The maximum absolute atomic E-state index is 11.2. The average Bonchev–Trinajstić information content (AvgIpc) is 3.03. The summed E-state index contributed by atoms with van der Waals surface area (Å²) in [5, 5.41) is 19.8. The monoisotopic (exact) mass is 384 g/mol. The molecule has 3 rings (SSSR count). The molecule has 7 nitrogen and oxygen atoms in total. The molecule has 0 radical (unpaired) electrons. The Morgan fingerprint density at radius 1 is 1.15 bits per heavy atom. The van der Waals surface area contributed by atoms with Crippen molar-refractivity contribution in [1.29, 1.82) is 0 Å². The summed E-state index contributed by atoms with van der Waals surface area (Å²) in [4.78, 5) is 10.9. The molecule has 3 aromatic rings. The smallest absolute Gasteiger partial charge is 0.220 e. The van der Waals surface area contributed by atoms with Gasteiger partial charge in [-0.3, -0.25) is 14.7 Å². The van der Waals surface area contributed by atoms with Crippen LogP contribution in [0, 0.1) is 17.0 Å². The largest absolute Gasteiger partial charge is 0.494 e. The van der Waals surface area contributed by atoms with Crippen molar-refractivity contribution in [1.82, 2.24) is 14.8 Å². The summed E-state index contributed by atoms with van der Waals surface area (Å²) in [6, 6.07) is 17.1. The van der Waals surface area contributed by atoms with Crippen LogP contribution in [0.5, 0.6) is 5.75 Å². The van der Waals surface area contributed by atoms with Gasteiger partial charge >= 0.3 is 0 Å². The Bertz CT molecular complexity index is 897. The van der Waals surface area contributed by atoms with E-state index in [2.05, 4.69) is 10.2 Å². The maximum Gasteiger partial charge on any atom is 0.220 e. The third-order valence-electron chi connectivity index (χ3n) is 3.94. The van der Waals surface area contributed by atoms with Crippen LogP contribution in [0.4, 0.5) is 0 Å². The fraction of sp³-hybridized carbons (Fsp3) is 0.263. The zero-order valence-corrected chi connectivity index (χ0v) is 15.9. The summed E-state index contributed by atoms with van der Waals surface area (Å²) in [6.07, 6.45) is 0. The molecule has 8 heteroatoms. The second-order valence-corrected chi connectivity index (χ2v) is 6.99. The molecule has 0 saturated heterocycles. The van der Waals surface area contributed by atoms with E-state index in [0.29, 0.717) is 11.8 Å². The van der Waals surface area contributed by atoms with E-state index >= 15 is 0 Å². The van der Waals surface area contributed by atoms with E-state index in [-0.39, 0.29) is 16.7 Å². The molecule has 1 atom stereocenters. The number of aromatic nitrogens is 3. The summed E-state index contributed by atoms with van der Waals surface area (Å²) >= 11 is 1.34. The molecule has 0 N–H and O–H groups in total. The van der Waals surface area contributed by atoms with Gasteiger partial charge in [-0.1, -0.05) is 42.1 Å². The van der Waals surface area contributed by atoms with Crippen LogP contribution in [0.3, 0.4) is 0 Å². The highest BCUT2D eigenvalue weighted by Crippen LogP contribution is 2.36. The molecule has 140 valence electrons. The Kier molecular flexibility index (Phi) is 6.08. The molecule has 0 bridgehead atoms. The second-order valence-electron chi connectivity index (χ2n) is 5.82. The Morgan fingerprint density at radius 3 is 2.48 bits per heavy atom. The summed E-state index contributed by atoms with van der Waals surface area (Å²) in [6.45, 7) is 4.21.